The zero-order valence-electron chi connectivity index (χ0n) is 10.7. The number of nitrogens with one attached hydrogen (secondary N) is 1. The minimum atomic E-state index is 0.244. The second-order valence-electron chi connectivity index (χ2n) is 4.50. The third-order valence-electron chi connectivity index (χ3n) is 3.05. The summed E-state index contributed by atoms with van der Waals surface area (Å²) in [4.78, 5) is 0. The molecule has 5 heteroatoms. The number of fused-ring (bicyclic) bond motifs is 1. The van der Waals surface area contributed by atoms with E-state index < -0.39 is 0 Å². The van der Waals surface area contributed by atoms with Crippen molar-refractivity contribution in [2.75, 3.05) is 18.5 Å². The highest BCUT2D eigenvalue weighted by Crippen LogP contribution is 2.33. The Morgan fingerprint density at radius 2 is 1.85 bits per heavy atom. The number of benzene rings is 2. The third kappa shape index (κ3) is 2.82. The Bertz CT molecular complexity index is 631. The van der Waals surface area contributed by atoms with Gasteiger partial charge in [-0.1, -0.05) is 6.07 Å². The number of phenolic OH excluding ortho intramolecular Hbond substituents is 1. The first-order valence-corrected chi connectivity index (χ1v) is 7.12. The molecule has 0 amide bonds. The van der Waals surface area contributed by atoms with Gasteiger partial charge in [0.05, 0.1) is 4.47 Å². The van der Waals surface area contributed by atoms with E-state index in [9.17, 15) is 5.11 Å². The van der Waals surface area contributed by atoms with Gasteiger partial charge >= 0.3 is 0 Å². The largest absolute Gasteiger partial charge is 0.507 e. The van der Waals surface area contributed by atoms with Gasteiger partial charge < -0.3 is 19.9 Å². The Labute approximate surface area is 125 Å². The molecule has 0 fully saturated rings. The molecule has 0 radical (unpaired) electrons. The maximum absolute atomic E-state index is 9.46. The van der Waals surface area contributed by atoms with Crippen LogP contribution in [0.15, 0.2) is 40.9 Å². The third-order valence-corrected chi connectivity index (χ3v) is 3.69. The van der Waals surface area contributed by atoms with Gasteiger partial charge in [-0.2, -0.15) is 0 Å². The van der Waals surface area contributed by atoms with Crippen LogP contribution in [-0.2, 0) is 6.54 Å². The number of rotatable bonds is 3. The van der Waals surface area contributed by atoms with E-state index in [2.05, 4.69) is 21.2 Å². The van der Waals surface area contributed by atoms with Crippen LogP contribution in [0.25, 0.3) is 0 Å². The van der Waals surface area contributed by atoms with E-state index >= 15 is 0 Å². The molecule has 1 aliphatic heterocycles. The van der Waals surface area contributed by atoms with Crippen molar-refractivity contribution in [2.45, 2.75) is 6.54 Å². The van der Waals surface area contributed by atoms with E-state index in [0.717, 1.165) is 22.7 Å². The van der Waals surface area contributed by atoms with Gasteiger partial charge in [-0.15, -0.1) is 0 Å². The molecule has 4 nitrogen and oxygen atoms in total. The Kier molecular flexibility index (Phi) is 3.69. The molecule has 3 rings (SSSR count). The van der Waals surface area contributed by atoms with E-state index in [0.29, 0.717) is 24.2 Å². The lowest BCUT2D eigenvalue weighted by Crippen LogP contribution is -2.15. The van der Waals surface area contributed by atoms with E-state index in [4.69, 9.17) is 9.47 Å². The van der Waals surface area contributed by atoms with Crippen molar-refractivity contribution in [3.8, 4) is 17.2 Å². The van der Waals surface area contributed by atoms with E-state index in [1.54, 1.807) is 6.07 Å². The second-order valence-corrected chi connectivity index (χ2v) is 5.35. The summed E-state index contributed by atoms with van der Waals surface area (Å²) in [5.74, 6) is 1.80. The van der Waals surface area contributed by atoms with Gasteiger partial charge in [-0.3, -0.25) is 0 Å². The monoisotopic (exact) mass is 335 g/mol. The number of hydrogen-bond acceptors (Lipinski definition) is 4. The molecule has 0 aromatic heterocycles. The highest BCUT2D eigenvalue weighted by atomic mass is 79.9. The molecule has 2 aromatic rings. The summed E-state index contributed by atoms with van der Waals surface area (Å²) < 4.78 is 11.7. The van der Waals surface area contributed by atoms with Crippen LogP contribution in [0.1, 0.15) is 5.56 Å². The van der Waals surface area contributed by atoms with Crippen LogP contribution < -0.4 is 14.8 Å². The zero-order valence-corrected chi connectivity index (χ0v) is 12.3. The Balaban J connectivity index is 1.70. The SMILES string of the molecule is Oc1ccc(CNc2ccc3c(c2)OCCO3)cc1Br. The summed E-state index contributed by atoms with van der Waals surface area (Å²) in [5.41, 5.74) is 2.04. The minimum absolute atomic E-state index is 0.244. The topological polar surface area (TPSA) is 50.7 Å². The summed E-state index contributed by atoms with van der Waals surface area (Å²) in [6.45, 7) is 1.85. The molecular formula is C15H14BrNO3. The van der Waals surface area contributed by atoms with E-state index in [1.165, 1.54) is 0 Å². The molecule has 0 bridgehead atoms. The zero-order chi connectivity index (χ0) is 13.9. The van der Waals surface area contributed by atoms with Crippen molar-refractivity contribution in [3.63, 3.8) is 0 Å². The van der Waals surface area contributed by atoms with Crippen LogP contribution in [-0.4, -0.2) is 18.3 Å². The average molecular weight is 336 g/mol. The van der Waals surface area contributed by atoms with Gasteiger partial charge in [-0.05, 0) is 45.8 Å². The van der Waals surface area contributed by atoms with Gasteiger partial charge in [0.2, 0.25) is 0 Å². The number of ether oxygens (including phenoxy) is 2. The number of hydrogen-bond donors (Lipinski definition) is 2. The fourth-order valence-electron chi connectivity index (χ4n) is 2.02. The first kappa shape index (κ1) is 13.1. The van der Waals surface area contributed by atoms with E-state index in [1.807, 2.05) is 30.3 Å². The highest BCUT2D eigenvalue weighted by molar-refractivity contribution is 9.10. The van der Waals surface area contributed by atoms with Gasteiger partial charge in [0.1, 0.15) is 19.0 Å². The van der Waals surface area contributed by atoms with Crippen LogP contribution in [0.2, 0.25) is 0 Å². The number of halogens is 1. The molecule has 1 heterocycles. The van der Waals surface area contributed by atoms with Gasteiger partial charge in [-0.25, -0.2) is 0 Å². The summed E-state index contributed by atoms with van der Waals surface area (Å²) >= 11 is 3.31. The molecule has 104 valence electrons. The quantitative estimate of drug-likeness (QED) is 0.900. The molecule has 1 aliphatic rings. The van der Waals surface area contributed by atoms with E-state index in [-0.39, 0.29) is 5.75 Å². The minimum Gasteiger partial charge on any atom is -0.507 e. The smallest absolute Gasteiger partial charge is 0.163 e. The summed E-state index contributed by atoms with van der Waals surface area (Å²) in [6, 6.07) is 11.2. The molecule has 2 aromatic carbocycles. The van der Waals surface area contributed by atoms with Crippen molar-refractivity contribution >= 4 is 21.6 Å². The highest BCUT2D eigenvalue weighted by Gasteiger charge is 2.11. The van der Waals surface area contributed by atoms with Gasteiger partial charge in [0, 0.05) is 18.3 Å². The molecule has 0 spiro atoms. The molecule has 0 aliphatic carbocycles. The standard InChI is InChI=1S/C15H14BrNO3/c16-12-7-10(1-3-13(12)18)9-17-11-2-4-14-15(8-11)20-6-5-19-14/h1-4,7-8,17-18H,5-6,9H2. The summed E-state index contributed by atoms with van der Waals surface area (Å²) in [7, 11) is 0. The molecule has 0 atom stereocenters. The lowest BCUT2D eigenvalue weighted by Gasteiger charge is -2.19. The van der Waals surface area contributed by atoms with Gasteiger partial charge in [0.15, 0.2) is 11.5 Å². The van der Waals surface area contributed by atoms with Crippen molar-refractivity contribution in [3.05, 3.63) is 46.4 Å². The van der Waals surface area contributed by atoms with Crippen molar-refractivity contribution < 1.29 is 14.6 Å². The number of phenols is 1. The maximum atomic E-state index is 9.46. The first-order valence-electron chi connectivity index (χ1n) is 6.33. The molecule has 0 unspecified atom stereocenters. The fraction of sp³-hybridized carbons (Fsp3) is 0.200. The lowest BCUT2D eigenvalue weighted by molar-refractivity contribution is 0.171. The molecule has 0 saturated carbocycles. The predicted octanol–water partition coefficient (Wildman–Crippen LogP) is 3.54. The first-order chi connectivity index (χ1) is 9.72. The van der Waals surface area contributed by atoms with Crippen LogP contribution in [0, 0.1) is 0 Å². The van der Waals surface area contributed by atoms with Crippen molar-refractivity contribution in [1.29, 1.82) is 0 Å². The second kappa shape index (κ2) is 5.63. The maximum Gasteiger partial charge on any atom is 0.163 e. The Morgan fingerprint density at radius 3 is 2.65 bits per heavy atom. The molecule has 0 saturated heterocycles. The van der Waals surface area contributed by atoms with Gasteiger partial charge in [0.25, 0.3) is 0 Å². The predicted molar refractivity (Wildman–Crippen MR) is 80.6 cm³/mol. The van der Waals surface area contributed by atoms with Crippen molar-refractivity contribution in [1.82, 2.24) is 0 Å². The normalized spacial score (nSPS) is 13.1. The molecule has 2 N–H and O–H groups in total. The number of aromatic hydroxyl groups is 1. The van der Waals surface area contributed by atoms with Crippen LogP contribution in [0.5, 0.6) is 17.2 Å². The van der Waals surface area contributed by atoms with Crippen LogP contribution in [0.4, 0.5) is 5.69 Å². The summed E-state index contributed by atoms with van der Waals surface area (Å²) in [5, 5.41) is 12.8. The van der Waals surface area contributed by atoms with Crippen LogP contribution >= 0.6 is 15.9 Å². The number of anilines is 1. The average Bonchev–Trinajstić information content (AvgIpc) is 2.48. The Hall–Kier alpha value is -1.88. The Morgan fingerprint density at radius 1 is 1.05 bits per heavy atom. The summed E-state index contributed by atoms with van der Waals surface area (Å²) in [6.07, 6.45) is 0. The van der Waals surface area contributed by atoms with Crippen LogP contribution in [0.3, 0.4) is 0 Å². The molecular weight excluding hydrogens is 322 g/mol. The fourth-order valence-corrected chi connectivity index (χ4v) is 2.44. The van der Waals surface area contributed by atoms with Crippen molar-refractivity contribution in [2.24, 2.45) is 0 Å². The molecule has 20 heavy (non-hydrogen) atoms. The lowest BCUT2D eigenvalue weighted by atomic mass is 10.2.